The molecule has 0 aromatic heterocycles. The molecule has 1 saturated heterocycles. The molecule has 1 aromatic carbocycles. The molecule has 1 amide bonds. The van der Waals surface area contributed by atoms with Gasteiger partial charge >= 0.3 is 0 Å². The number of nitrogens with zero attached hydrogens (tertiary/aromatic N) is 2. The standard InChI is InChI=1S/C18H25BrN2O/c19-17-9-5-4-6-15(17)14-18(22)21-12-10-20(11-13-21)16-7-2-1-3-8-16/h4-6,9,16H,1-3,7-8,10-14H2. The Balaban J connectivity index is 1.50. The summed E-state index contributed by atoms with van der Waals surface area (Å²) in [7, 11) is 0. The van der Waals surface area contributed by atoms with Crippen LogP contribution in [-0.2, 0) is 11.2 Å². The van der Waals surface area contributed by atoms with Crippen LogP contribution in [-0.4, -0.2) is 47.9 Å². The van der Waals surface area contributed by atoms with Gasteiger partial charge in [0.1, 0.15) is 0 Å². The van der Waals surface area contributed by atoms with Gasteiger partial charge in [-0.2, -0.15) is 0 Å². The quantitative estimate of drug-likeness (QED) is 0.819. The van der Waals surface area contributed by atoms with E-state index >= 15 is 0 Å². The molecule has 0 N–H and O–H groups in total. The van der Waals surface area contributed by atoms with Crippen LogP contribution in [0.1, 0.15) is 37.7 Å². The second-order valence-corrected chi connectivity index (χ2v) is 7.33. The van der Waals surface area contributed by atoms with Crippen molar-refractivity contribution in [2.45, 2.75) is 44.6 Å². The second kappa shape index (κ2) is 7.60. The molecule has 1 aliphatic heterocycles. The predicted molar refractivity (Wildman–Crippen MR) is 92.9 cm³/mol. The van der Waals surface area contributed by atoms with E-state index in [2.05, 4.69) is 20.8 Å². The summed E-state index contributed by atoms with van der Waals surface area (Å²) >= 11 is 3.53. The first-order valence-corrected chi connectivity index (χ1v) is 9.28. The van der Waals surface area contributed by atoms with Gasteiger partial charge < -0.3 is 4.90 Å². The van der Waals surface area contributed by atoms with Gasteiger partial charge in [0, 0.05) is 36.7 Å². The number of piperazine rings is 1. The summed E-state index contributed by atoms with van der Waals surface area (Å²) in [5.74, 6) is 0.259. The summed E-state index contributed by atoms with van der Waals surface area (Å²) in [5.41, 5.74) is 1.09. The molecule has 3 nitrogen and oxygen atoms in total. The fourth-order valence-corrected chi connectivity index (χ4v) is 4.12. The van der Waals surface area contributed by atoms with E-state index in [1.165, 1.54) is 32.1 Å². The summed E-state index contributed by atoms with van der Waals surface area (Å²) in [5, 5.41) is 0. The summed E-state index contributed by atoms with van der Waals surface area (Å²) in [4.78, 5) is 17.1. The molecule has 0 unspecified atom stereocenters. The van der Waals surface area contributed by atoms with Crippen molar-refractivity contribution in [1.29, 1.82) is 0 Å². The Morgan fingerprint density at radius 1 is 1.05 bits per heavy atom. The third-order valence-corrected chi connectivity index (χ3v) is 5.83. The zero-order valence-electron chi connectivity index (χ0n) is 13.1. The van der Waals surface area contributed by atoms with Crippen molar-refractivity contribution in [3.05, 3.63) is 34.3 Å². The molecule has 1 heterocycles. The molecular weight excluding hydrogens is 340 g/mol. The Kier molecular flexibility index (Phi) is 5.53. The van der Waals surface area contributed by atoms with Crippen molar-refractivity contribution in [3.63, 3.8) is 0 Å². The van der Waals surface area contributed by atoms with Crippen molar-refractivity contribution < 1.29 is 4.79 Å². The van der Waals surface area contributed by atoms with Gasteiger partial charge in [0.25, 0.3) is 0 Å². The van der Waals surface area contributed by atoms with Crippen LogP contribution in [0, 0.1) is 0 Å². The largest absolute Gasteiger partial charge is 0.340 e. The first-order chi connectivity index (χ1) is 10.7. The van der Waals surface area contributed by atoms with Crippen LogP contribution in [0.2, 0.25) is 0 Å². The van der Waals surface area contributed by atoms with E-state index in [9.17, 15) is 4.79 Å². The predicted octanol–water partition coefficient (Wildman–Crippen LogP) is 3.47. The number of halogens is 1. The molecular formula is C18H25BrN2O. The Bertz CT molecular complexity index is 506. The summed E-state index contributed by atoms with van der Waals surface area (Å²) < 4.78 is 1.03. The molecule has 120 valence electrons. The van der Waals surface area contributed by atoms with Crippen LogP contribution in [0.3, 0.4) is 0 Å². The highest BCUT2D eigenvalue weighted by Crippen LogP contribution is 2.24. The van der Waals surface area contributed by atoms with E-state index in [0.29, 0.717) is 6.42 Å². The van der Waals surface area contributed by atoms with E-state index in [4.69, 9.17) is 0 Å². The van der Waals surface area contributed by atoms with Crippen LogP contribution < -0.4 is 0 Å². The average molecular weight is 365 g/mol. The van der Waals surface area contributed by atoms with E-state index in [1.54, 1.807) is 0 Å². The molecule has 1 aromatic rings. The molecule has 4 heteroatoms. The van der Waals surface area contributed by atoms with Gasteiger partial charge in [-0.15, -0.1) is 0 Å². The monoisotopic (exact) mass is 364 g/mol. The van der Waals surface area contributed by atoms with Gasteiger partial charge in [-0.05, 0) is 24.5 Å². The fourth-order valence-electron chi connectivity index (χ4n) is 3.70. The number of rotatable bonds is 3. The van der Waals surface area contributed by atoms with Gasteiger partial charge in [-0.1, -0.05) is 53.4 Å². The lowest BCUT2D eigenvalue weighted by atomic mass is 9.94. The van der Waals surface area contributed by atoms with Crippen LogP contribution in [0.25, 0.3) is 0 Å². The lowest BCUT2D eigenvalue weighted by Crippen LogP contribution is -2.52. The topological polar surface area (TPSA) is 23.6 Å². The van der Waals surface area contributed by atoms with Crippen LogP contribution >= 0.6 is 15.9 Å². The van der Waals surface area contributed by atoms with Crippen molar-refractivity contribution >= 4 is 21.8 Å². The third kappa shape index (κ3) is 3.90. The lowest BCUT2D eigenvalue weighted by Gasteiger charge is -2.40. The highest BCUT2D eigenvalue weighted by molar-refractivity contribution is 9.10. The van der Waals surface area contributed by atoms with Crippen LogP contribution in [0.5, 0.6) is 0 Å². The maximum atomic E-state index is 12.5. The summed E-state index contributed by atoms with van der Waals surface area (Å²) in [6, 6.07) is 8.79. The highest BCUT2D eigenvalue weighted by atomic mass is 79.9. The van der Waals surface area contributed by atoms with E-state index < -0.39 is 0 Å². The molecule has 0 radical (unpaired) electrons. The summed E-state index contributed by atoms with van der Waals surface area (Å²) in [6.07, 6.45) is 7.37. The van der Waals surface area contributed by atoms with E-state index in [-0.39, 0.29) is 5.91 Å². The Hall–Kier alpha value is -0.870. The molecule has 22 heavy (non-hydrogen) atoms. The molecule has 0 bridgehead atoms. The van der Waals surface area contributed by atoms with E-state index in [0.717, 1.165) is 42.3 Å². The minimum Gasteiger partial charge on any atom is -0.340 e. The second-order valence-electron chi connectivity index (χ2n) is 6.48. The molecule has 2 aliphatic rings. The first kappa shape index (κ1) is 16.0. The minimum absolute atomic E-state index is 0.259. The highest BCUT2D eigenvalue weighted by Gasteiger charge is 2.27. The van der Waals surface area contributed by atoms with Gasteiger partial charge in [0.15, 0.2) is 0 Å². The molecule has 0 spiro atoms. The summed E-state index contributed by atoms with van der Waals surface area (Å²) in [6.45, 7) is 3.87. The van der Waals surface area contributed by atoms with Crippen molar-refractivity contribution in [2.24, 2.45) is 0 Å². The number of hydrogen-bond donors (Lipinski definition) is 0. The fraction of sp³-hybridized carbons (Fsp3) is 0.611. The zero-order valence-corrected chi connectivity index (χ0v) is 14.7. The third-order valence-electron chi connectivity index (χ3n) is 5.06. The van der Waals surface area contributed by atoms with Crippen molar-refractivity contribution in [2.75, 3.05) is 26.2 Å². The van der Waals surface area contributed by atoms with Gasteiger partial charge in [0.2, 0.25) is 5.91 Å². The normalized spacial score (nSPS) is 21.0. The maximum absolute atomic E-state index is 12.5. The maximum Gasteiger partial charge on any atom is 0.227 e. The molecule has 1 saturated carbocycles. The van der Waals surface area contributed by atoms with Gasteiger partial charge in [-0.3, -0.25) is 9.69 Å². The Morgan fingerprint density at radius 2 is 1.73 bits per heavy atom. The number of hydrogen-bond acceptors (Lipinski definition) is 2. The minimum atomic E-state index is 0.259. The van der Waals surface area contributed by atoms with Crippen LogP contribution in [0.4, 0.5) is 0 Å². The number of benzene rings is 1. The smallest absolute Gasteiger partial charge is 0.227 e. The zero-order chi connectivity index (χ0) is 15.4. The number of carbonyl (C=O) groups is 1. The first-order valence-electron chi connectivity index (χ1n) is 8.49. The average Bonchev–Trinajstić information content (AvgIpc) is 2.58. The van der Waals surface area contributed by atoms with Gasteiger partial charge in [0.05, 0.1) is 6.42 Å². The molecule has 1 aliphatic carbocycles. The van der Waals surface area contributed by atoms with Gasteiger partial charge in [-0.25, -0.2) is 0 Å². The molecule has 0 atom stereocenters. The Labute approximate surface area is 141 Å². The number of amides is 1. The number of carbonyl (C=O) groups excluding carboxylic acids is 1. The van der Waals surface area contributed by atoms with E-state index in [1.807, 2.05) is 29.2 Å². The molecule has 3 rings (SSSR count). The Morgan fingerprint density at radius 3 is 2.41 bits per heavy atom. The lowest BCUT2D eigenvalue weighted by molar-refractivity contribution is -0.132. The SMILES string of the molecule is O=C(Cc1ccccc1Br)N1CCN(C2CCCCC2)CC1. The van der Waals surface area contributed by atoms with Crippen molar-refractivity contribution in [1.82, 2.24) is 9.80 Å². The van der Waals surface area contributed by atoms with Crippen LogP contribution in [0.15, 0.2) is 28.7 Å². The molecule has 2 fully saturated rings. The van der Waals surface area contributed by atoms with Crippen molar-refractivity contribution in [3.8, 4) is 0 Å².